The fourth-order valence-corrected chi connectivity index (χ4v) is 0. The Balaban J connectivity index is 0. The lowest BCUT2D eigenvalue weighted by atomic mass is 12.0. The molecular weight excluding hydrogens is 64.0 g/mol. The van der Waals surface area contributed by atoms with Crippen LogP contribution < -0.4 is 0 Å². The highest BCUT2D eigenvalue weighted by Gasteiger charge is -0.0745. The molecule has 0 rings (SSSR count). The lowest BCUT2D eigenvalue weighted by Crippen LogP contribution is -0.289. The minimum Gasteiger partial charge on any atom is -0.412 e. The second kappa shape index (κ2) is 21700. The molecule has 0 amide bonds. The van der Waals surface area contributed by atoms with Gasteiger partial charge in [0.2, 0.25) is 0 Å². The first-order valence-corrected chi connectivity index (χ1v) is 0. The van der Waals surface area contributed by atoms with E-state index in [-0.39, 0.29) is 36.6 Å². The zero-order valence-electron chi connectivity index (χ0n) is 1.50. The van der Waals surface area contributed by atoms with Gasteiger partial charge in [0.25, 0.3) is 0 Å². The Labute approximate surface area is 37.8 Å². The molecule has 0 aliphatic rings. The van der Waals surface area contributed by atoms with Crippen molar-refractivity contribution in [2.24, 2.45) is 0 Å². The van der Waals surface area contributed by atoms with Gasteiger partial charge in [0.1, 0.15) is 0 Å². The van der Waals surface area contributed by atoms with Crippen molar-refractivity contribution in [1.82, 2.24) is 0 Å². The standard InChI is InChI=1S/4CH4.H2O/h4*1H4;1H2/p+1. The van der Waals surface area contributed by atoms with Gasteiger partial charge in [-0.25, -0.2) is 0 Å². The molecule has 0 atom stereocenters. The highest BCUT2D eigenvalue weighted by Crippen LogP contribution is 0.147. The molecule has 0 aromatic heterocycles. The van der Waals surface area contributed by atoms with Gasteiger partial charge in [-0.05, 0) is 0 Å². The van der Waals surface area contributed by atoms with Gasteiger partial charge < -0.3 is 5.48 Å². The summed E-state index contributed by atoms with van der Waals surface area (Å²) in [5.74, 6) is 0. The molecule has 1 heteroatoms. The summed E-state index contributed by atoms with van der Waals surface area (Å²) >= 11 is 0. The minimum atomic E-state index is 0. The molecule has 0 spiro atoms. The van der Waals surface area contributed by atoms with Gasteiger partial charge in [-0.2, -0.15) is 0 Å². The first-order valence-electron chi connectivity index (χ1n) is 0. The zero-order valence-corrected chi connectivity index (χ0v) is 0.500. The van der Waals surface area contributed by atoms with E-state index in [1.165, 1.54) is 0 Å². The van der Waals surface area contributed by atoms with Crippen LogP contribution in [0.4, 0.5) is 0 Å². The summed E-state index contributed by atoms with van der Waals surface area (Å²) in [4.78, 5) is 0. The van der Waals surface area contributed by atoms with Gasteiger partial charge in [0.05, 0.1) is 0 Å². The van der Waals surface area contributed by atoms with E-state index >= 15 is 0 Å². The smallest absolute Gasteiger partial charge is 0.412 e. The van der Waals surface area contributed by atoms with Crippen molar-refractivity contribution in [3.05, 3.63) is 0 Å². The summed E-state index contributed by atoms with van der Waals surface area (Å²) in [7, 11) is 0. The van der Waals surface area contributed by atoms with Crippen molar-refractivity contribution in [1.29, 1.82) is 0 Å². The molecule has 0 heterocycles. The number of hydrogen-bond donors (Lipinski definition) is 0. The van der Waals surface area contributed by atoms with Gasteiger partial charge in [0.15, 0.2) is 0 Å². The molecule has 40 valence electrons. The molecule has 5 heavy (non-hydrogen) atoms. The first-order chi connectivity index (χ1) is 0. The molecule has 0 radical (unpaired) electrons. The topological polar surface area (TPSA) is 31.5 Å². The van der Waals surface area contributed by atoms with Crippen LogP contribution in [0.2, 0.25) is 0 Å². The molecule has 0 unspecified atom stereocenters. The van der Waals surface area contributed by atoms with Gasteiger partial charge in [0, 0.05) is 0 Å². The summed E-state index contributed by atoms with van der Waals surface area (Å²) in [5.41, 5.74) is 0. The third-order valence-corrected chi connectivity index (χ3v) is 0. The van der Waals surface area contributed by atoms with E-state index in [2.05, 4.69) is 0 Å². The lowest BCUT2D eigenvalue weighted by Gasteiger charge is -0.412. The van der Waals surface area contributed by atoms with E-state index in [1.807, 2.05) is 0 Å². The van der Waals surface area contributed by atoms with E-state index in [4.69, 9.17) is 0 Å². The Bertz CT molecular complexity index is 7.51. The number of rotatable bonds is 0. The van der Waals surface area contributed by atoms with E-state index in [0.29, 0.717) is 0 Å². The summed E-state index contributed by atoms with van der Waals surface area (Å²) in [6.45, 7) is 0. The zero-order chi connectivity index (χ0) is 0. The maximum atomic E-state index is 0. The van der Waals surface area contributed by atoms with Crippen LogP contribution >= 0.6 is 0 Å². The van der Waals surface area contributed by atoms with Crippen molar-refractivity contribution in [2.75, 3.05) is 0 Å². The molecule has 1 nitrogen and oxygen atoms in total. The average Bonchev–Trinajstić information content (AvgIpc) is 0. The van der Waals surface area contributed by atoms with Gasteiger partial charge in [-0.1, -0.05) is 29.7 Å². The first kappa shape index (κ1) is 48600. The van der Waals surface area contributed by atoms with Crippen LogP contribution in [-0.4, -0.2) is 5.48 Å². The Morgan fingerprint density at radius 1 is 0.600 bits per heavy atom. The van der Waals surface area contributed by atoms with Crippen LogP contribution in [0.5, 0.6) is 0 Å². The monoisotopic (exact) mass is 83.1 g/mol. The van der Waals surface area contributed by atoms with Crippen molar-refractivity contribution in [3.8, 4) is 0 Å². The Kier molecular flexibility index (Phi) is 211000000. The molecule has 0 bridgehead atoms. The van der Waals surface area contributed by atoms with Gasteiger partial charge in [-0.3, -0.25) is 0 Å². The summed E-state index contributed by atoms with van der Waals surface area (Å²) in [5, 5.41) is 0. The average molecular weight is 83.2 g/mol. The maximum Gasteiger partial charge on any atom is 1.00 e. The van der Waals surface area contributed by atoms with E-state index in [9.17, 15) is 0 Å². The van der Waals surface area contributed by atoms with E-state index in [0.717, 1.165) is 0 Å². The number of hydrogen-bond acceptors (Lipinski definition) is 0. The molecule has 0 fully saturated rings. The Morgan fingerprint density at radius 3 is 0.600 bits per heavy atom. The van der Waals surface area contributed by atoms with Crippen molar-refractivity contribution >= 4 is 0 Å². The second-order valence-corrected chi connectivity index (χ2v) is 0. The molecule has 0 aliphatic heterocycles. The van der Waals surface area contributed by atoms with Crippen LogP contribution in [0, 0.1) is 0 Å². The third-order valence-electron chi connectivity index (χ3n) is 0. The Hall–Kier alpha value is -0.0400. The maximum absolute atomic E-state index is 0. The molecule has 0 aromatic rings. The molecular formula is C4H19O+. The van der Waals surface area contributed by atoms with Crippen molar-refractivity contribution in [2.45, 2.75) is 29.7 Å². The fourth-order valence-electron chi connectivity index (χ4n) is 0. The third kappa shape index (κ3) is 9510. The summed E-state index contributed by atoms with van der Waals surface area (Å²) in [6.07, 6.45) is 0. The van der Waals surface area contributed by atoms with Crippen LogP contribution in [0.15, 0.2) is 0 Å². The lowest BCUT2D eigenvalue weighted by molar-refractivity contribution is 0.824. The van der Waals surface area contributed by atoms with Gasteiger partial charge in [-0.15, -0.1) is 0 Å². The van der Waals surface area contributed by atoms with Crippen molar-refractivity contribution in [3.63, 3.8) is 0 Å². The van der Waals surface area contributed by atoms with Crippen LogP contribution in [0.1, 0.15) is 31.1 Å². The van der Waals surface area contributed by atoms with Gasteiger partial charge >= 0.3 is 1.43 Å². The van der Waals surface area contributed by atoms with Crippen LogP contribution in [0.25, 0.3) is 0 Å². The molecule has 0 saturated carbocycles. The van der Waals surface area contributed by atoms with Crippen LogP contribution in [0.3, 0.4) is 0 Å². The van der Waals surface area contributed by atoms with Crippen molar-refractivity contribution < 1.29 is 6.90 Å². The molecule has 0 aromatic carbocycles. The molecule has 0 aliphatic carbocycles. The highest BCUT2D eigenvalue weighted by molar-refractivity contribution is 2.51. The fraction of sp³-hybridized carbons (Fsp3) is 1.00. The van der Waals surface area contributed by atoms with E-state index < -0.39 is 0 Å². The molecule has 2 N–H and O–H groups in total. The highest BCUT2D eigenvalue weighted by atomic mass is 16.0. The normalized spacial score (nSPS) is 0. The summed E-state index contributed by atoms with van der Waals surface area (Å²) < 4.78 is 0. The minimum absolute atomic E-state index is 0. The van der Waals surface area contributed by atoms with Crippen LogP contribution in [-0.2, 0) is 0 Å². The Morgan fingerprint density at radius 2 is 0.600 bits per heavy atom. The predicted molar refractivity (Wildman–Crippen MR) is 31.6 cm³/mol. The second-order valence-electron chi connectivity index (χ2n) is 0. The van der Waals surface area contributed by atoms with E-state index in [1.54, 1.807) is 0 Å². The quantitative estimate of drug-likeness (QED) is 0.428. The molecule has 0 saturated heterocycles. The summed E-state index contributed by atoms with van der Waals surface area (Å²) in [6, 6.07) is 0. The SMILES string of the molecule is C.C.C.C.O.[H+]. The predicted octanol–water partition coefficient (Wildman–Crippen LogP) is 1.83. The largest absolute Gasteiger partial charge is 1.00 e.